The maximum atomic E-state index is 11.1. The van der Waals surface area contributed by atoms with Gasteiger partial charge in [0, 0.05) is 34.9 Å². The second-order valence-electron chi connectivity index (χ2n) is 3.25. The number of halogens is 1. The minimum Gasteiger partial charge on any atom is -0.370 e. The average Bonchev–Trinajstić information content (AvgIpc) is 2.17. The standard InChI is InChI=1S/C9H14ClN3OS/c1-7(15(2)14)3-4-11-9-5-8(10)12-6-13-9/h5-7H,3-4H2,1-2H3,(H,11,12,13). The number of aromatic nitrogens is 2. The molecule has 4 nitrogen and oxygen atoms in total. The Morgan fingerprint density at radius 3 is 2.93 bits per heavy atom. The summed E-state index contributed by atoms with van der Waals surface area (Å²) < 4.78 is 11.1. The van der Waals surface area contributed by atoms with Crippen LogP contribution in [-0.4, -0.2) is 32.2 Å². The molecular weight excluding hydrogens is 234 g/mol. The lowest BCUT2D eigenvalue weighted by Crippen LogP contribution is -2.15. The summed E-state index contributed by atoms with van der Waals surface area (Å²) in [6, 6.07) is 1.66. The van der Waals surface area contributed by atoms with Crippen LogP contribution in [0.4, 0.5) is 5.82 Å². The van der Waals surface area contributed by atoms with E-state index in [1.165, 1.54) is 6.33 Å². The summed E-state index contributed by atoms with van der Waals surface area (Å²) in [6.07, 6.45) is 3.96. The van der Waals surface area contributed by atoms with E-state index in [1.54, 1.807) is 12.3 Å². The minimum absolute atomic E-state index is 0.190. The second kappa shape index (κ2) is 6.02. The highest BCUT2D eigenvalue weighted by Crippen LogP contribution is 2.09. The van der Waals surface area contributed by atoms with E-state index in [0.717, 1.165) is 13.0 Å². The van der Waals surface area contributed by atoms with E-state index < -0.39 is 10.8 Å². The number of hydrogen-bond acceptors (Lipinski definition) is 4. The molecule has 6 heteroatoms. The molecule has 1 heterocycles. The lowest BCUT2D eigenvalue weighted by Gasteiger charge is -2.09. The monoisotopic (exact) mass is 247 g/mol. The molecule has 0 aromatic carbocycles. The van der Waals surface area contributed by atoms with Crippen molar-refractivity contribution in [2.45, 2.75) is 18.6 Å². The number of anilines is 1. The SMILES string of the molecule is CC(CCNc1cc(Cl)ncn1)S(C)=O. The van der Waals surface area contributed by atoms with Gasteiger partial charge in [-0.1, -0.05) is 18.5 Å². The van der Waals surface area contributed by atoms with Gasteiger partial charge in [0.2, 0.25) is 0 Å². The zero-order valence-electron chi connectivity index (χ0n) is 8.74. The van der Waals surface area contributed by atoms with Gasteiger partial charge in [0.1, 0.15) is 17.3 Å². The zero-order valence-corrected chi connectivity index (χ0v) is 10.3. The van der Waals surface area contributed by atoms with Gasteiger partial charge < -0.3 is 5.32 Å². The second-order valence-corrected chi connectivity index (χ2v) is 5.44. The highest BCUT2D eigenvalue weighted by Gasteiger charge is 2.05. The van der Waals surface area contributed by atoms with E-state index >= 15 is 0 Å². The van der Waals surface area contributed by atoms with Crippen LogP contribution < -0.4 is 5.32 Å². The summed E-state index contributed by atoms with van der Waals surface area (Å²) in [6.45, 7) is 2.69. The van der Waals surface area contributed by atoms with Gasteiger partial charge in [-0.2, -0.15) is 0 Å². The Morgan fingerprint density at radius 1 is 1.60 bits per heavy atom. The van der Waals surface area contributed by atoms with E-state index in [-0.39, 0.29) is 5.25 Å². The van der Waals surface area contributed by atoms with Crippen LogP contribution in [0.25, 0.3) is 0 Å². The molecule has 2 atom stereocenters. The van der Waals surface area contributed by atoms with Crippen molar-refractivity contribution in [2.75, 3.05) is 18.1 Å². The molecule has 84 valence electrons. The van der Waals surface area contributed by atoms with Gasteiger partial charge in [-0.15, -0.1) is 0 Å². The predicted octanol–water partition coefficient (Wildman–Crippen LogP) is 1.70. The first-order valence-corrected chi connectivity index (χ1v) is 6.63. The molecule has 0 bridgehead atoms. The molecule has 0 aliphatic heterocycles. The average molecular weight is 248 g/mol. The number of rotatable bonds is 5. The van der Waals surface area contributed by atoms with E-state index in [2.05, 4.69) is 15.3 Å². The molecule has 2 unspecified atom stereocenters. The van der Waals surface area contributed by atoms with Crippen molar-refractivity contribution >= 4 is 28.2 Å². The third-order valence-electron chi connectivity index (χ3n) is 2.06. The van der Waals surface area contributed by atoms with Crippen LogP contribution in [0.1, 0.15) is 13.3 Å². The van der Waals surface area contributed by atoms with Gasteiger partial charge in [-0.25, -0.2) is 9.97 Å². The normalized spacial score (nSPS) is 14.6. The van der Waals surface area contributed by atoms with E-state index in [1.807, 2.05) is 6.92 Å². The van der Waals surface area contributed by atoms with Crippen LogP contribution in [0.15, 0.2) is 12.4 Å². The highest BCUT2D eigenvalue weighted by molar-refractivity contribution is 7.84. The first-order chi connectivity index (χ1) is 7.09. The number of hydrogen-bond donors (Lipinski definition) is 1. The number of nitrogens with one attached hydrogen (secondary N) is 1. The van der Waals surface area contributed by atoms with Crippen molar-refractivity contribution in [2.24, 2.45) is 0 Å². The highest BCUT2D eigenvalue weighted by atomic mass is 35.5. The summed E-state index contributed by atoms with van der Waals surface area (Å²) in [5.41, 5.74) is 0. The lowest BCUT2D eigenvalue weighted by molar-refractivity contribution is 0.672. The van der Waals surface area contributed by atoms with Crippen molar-refractivity contribution < 1.29 is 4.21 Å². The topological polar surface area (TPSA) is 54.9 Å². The van der Waals surface area contributed by atoms with Crippen LogP contribution in [0, 0.1) is 0 Å². The Kier molecular flexibility index (Phi) is 4.98. The van der Waals surface area contributed by atoms with Crippen LogP contribution >= 0.6 is 11.6 Å². The Labute approximate surface area is 96.9 Å². The summed E-state index contributed by atoms with van der Waals surface area (Å²) >= 11 is 5.70. The first kappa shape index (κ1) is 12.4. The van der Waals surface area contributed by atoms with E-state index in [0.29, 0.717) is 11.0 Å². The molecule has 1 N–H and O–H groups in total. The molecule has 1 aromatic rings. The van der Waals surface area contributed by atoms with Gasteiger partial charge >= 0.3 is 0 Å². The first-order valence-electron chi connectivity index (χ1n) is 4.63. The third-order valence-corrected chi connectivity index (χ3v) is 3.63. The molecule has 0 saturated carbocycles. The van der Waals surface area contributed by atoms with Crippen molar-refractivity contribution in [3.05, 3.63) is 17.5 Å². The molecule has 0 aliphatic carbocycles. The fraction of sp³-hybridized carbons (Fsp3) is 0.556. The molecule has 0 saturated heterocycles. The van der Waals surface area contributed by atoms with Crippen LogP contribution in [0.5, 0.6) is 0 Å². The van der Waals surface area contributed by atoms with Gasteiger partial charge in [0.15, 0.2) is 0 Å². The van der Waals surface area contributed by atoms with Gasteiger partial charge in [-0.3, -0.25) is 4.21 Å². The quantitative estimate of drug-likeness (QED) is 0.805. The summed E-state index contributed by atoms with van der Waals surface area (Å²) in [5, 5.41) is 3.71. The molecule has 15 heavy (non-hydrogen) atoms. The van der Waals surface area contributed by atoms with Crippen LogP contribution in [0.2, 0.25) is 5.15 Å². The third kappa shape index (κ3) is 4.57. The smallest absolute Gasteiger partial charge is 0.134 e. The zero-order chi connectivity index (χ0) is 11.3. The Hall–Kier alpha value is -0.680. The van der Waals surface area contributed by atoms with E-state index in [4.69, 9.17) is 11.6 Å². The summed E-state index contributed by atoms with van der Waals surface area (Å²) in [5.74, 6) is 0.698. The Balaban J connectivity index is 2.35. The molecule has 1 aromatic heterocycles. The molecule has 0 spiro atoms. The lowest BCUT2D eigenvalue weighted by atomic mass is 10.3. The maximum Gasteiger partial charge on any atom is 0.134 e. The van der Waals surface area contributed by atoms with Gasteiger partial charge in [0.05, 0.1) is 0 Å². The fourth-order valence-electron chi connectivity index (χ4n) is 1.000. The fourth-order valence-corrected chi connectivity index (χ4v) is 1.60. The van der Waals surface area contributed by atoms with Crippen molar-refractivity contribution in [1.82, 2.24) is 9.97 Å². The number of nitrogens with zero attached hydrogens (tertiary/aromatic N) is 2. The van der Waals surface area contributed by atoms with Crippen LogP contribution in [0.3, 0.4) is 0 Å². The molecule has 0 amide bonds. The molecule has 0 radical (unpaired) electrons. The largest absolute Gasteiger partial charge is 0.370 e. The molecule has 0 fully saturated rings. The maximum absolute atomic E-state index is 11.1. The van der Waals surface area contributed by atoms with Crippen molar-refractivity contribution in [3.8, 4) is 0 Å². The summed E-state index contributed by atoms with van der Waals surface area (Å²) in [7, 11) is -0.771. The van der Waals surface area contributed by atoms with Crippen molar-refractivity contribution in [3.63, 3.8) is 0 Å². The Bertz CT molecular complexity index is 348. The minimum atomic E-state index is -0.771. The van der Waals surface area contributed by atoms with Crippen LogP contribution in [-0.2, 0) is 10.8 Å². The Morgan fingerprint density at radius 2 is 2.33 bits per heavy atom. The van der Waals surface area contributed by atoms with E-state index in [9.17, 15) is 4.21 Å². The van der Waals surface area contributed by atoms with Gasteiger partial charge in [-0.05, 0) is 6.42 Å². The molecular formula is C9H14ClN3OS. The predicted molar refractivity (Wildman–Crippen MR) is 63.7 cm³/mol. The molecule has 1 rings (SSSR count). The summed E-state index contributed by atoms with van der Waals surface area (Å²) in [4.78, 5) is 7.78. The van der Waals surface area contributed by atoms with Crippen molar-refractivity contribution in [1.29, 1.82) is 0 Å². The van der Waals surface area contributed by atoms with Gasteiger partial charge in [0.25, 0.3) is 0 Å². The molecule has 0 aliphatic rings.